The second-order valence-corrected chi connectivity index (χ2v) is 6.14. The van der Waals surface area contributed by atoms with Crippen molar-refractivity contribution >= 4 is 5.91 Å². The van der Waals surface area contributed by atoms with E-state index in [2.05, 4.69) is 34.6 Å². The summed E-state index contributed by atoms with van der Waals surface area (Å²) in [5.41, 5.74) is 3.38. The van der Waals surface area contributed by atoms with Gasteiger partial charge in [-0.15, -0.1) is 0 Å². The summed E-state index contributed by atoms with van der Waals surface area (Å²) in [5, 5.41) is 3.06. The normalized spacial score (nSPS) is 11.9. The highest BCUT2D eigenvalue weighted by Gasteiger charge is 2.17. The van der Waals surface area contributed by atoms with Crippen LogP contribution in [0.4, 0.5) is 0 Å². The molecule has 1 aromatic heterocycles. The minimum atomic E-state index is -0.0956. The van der Waals surface area contributed by atoms with Gasteiger partial charge in [0.1, 0.15) is 0 Å². The number of hydrogen-bond donors (Lipinski definition) is 1. The van der Waals surface area contributed by atoms with E-state index >= 15 is 0 Å². The fourth-order valence-corrected chi connectivity index (χ4v) is 2.92. The van der Waals surface area contributed by atoms with E-state index < -0.39 is 0 Å². The highest BCUT2D eigenvalue weighted by molar-refractivity contribution is 5.83. The molecule has 128 valence electrons. The number of rotatable bonds is 7. The van der Waals surface area contributed by atoms with E-state index in [-0.39, 0.29) is 11.8 Å². The van der Waals surface area contributed by atoms with Gasteiger partial charge in [0.05, 0.1) is 12.2 Å². The molecule has 0 aliphatic heterocycles. The third-order valence-electron chi connectivity index (χ3n) is 4.34. The van der Waals surface area contributed by atoms with E-state index in [0.717, 1.165) is 24.1 Å². The van der Waals surface area contributed by atoms with E-state index in [1.54, 1.807) is 6.20 Å². The van der Waals surface area contributed by atoms with Crippen molar-refractivity contribution in [3.05, 3.63) is 90.0 Å². The monoisotopic (exact) mass is 333 g/mol. The molecule has 0 aliphatic carbocycles. The lowest BCUT2D eigenvalue weighted by atomic mass is 9.95. The minimum Gasteiger partial charge on any atom is -0.351 e. The lowest BCUT2D eigenvalue weighted by Crippen LogP contribution is -2.28. The first-order valence-electron chi connectivity index (χ1n) is 8.62. The van der Waals surface area contributed by atoms with Crippen LogP contribution < -0.4 is 5.32 Å². The van der Waals surface area contributed by atoms with Crippen molar-refractivity contribution in [3.8, 4) is 0 Å². The molecule has 0 saturated carbocycles. The fraction of sp³-hybridized carbons (Fsp3) is 0.238. The van der Waals surface area contributed by atoms with Gasteiger partial charge in [-0.1, -0.05) is 61.5 Å². The van der Waals surface area contributed by atoms with Gasteiger partial charge >= 0.3 is 0 Å². The number of aromatic nitrogens is 2. The molecule has 1 heterocycles. The number of carbonyl (C=O) groups is 1. The molecular formula is C21H23N3O. The van der Waals surface area contributed by atoms with Gasteiger partial charge in [0, 0.05) is 25.5 Å². The Bertz CT molecular complexity index is 780. The van der Waals surface area contributed by atoms with E-state index in [4.69, 9.17) is 0 Å². The number of nitrogens with one attached hydrogen (secondary N) is 1. The third-order valence-corrected chi connectivity index (χ3v) is 4.34. The van der Waals surface area contributed by atoms with Gasteiger partial charge in [0.15, 0.2) is 0 Å². The van der Waals surface area contributed by atoms with E-state index in [0.29, 0.717) is 6.54 Å². The second kappa shape index (κ2) is 8.29. The third kappa shape index (κ3) is 4.57. The average molecular weight is 333 g/mol. The number of benzene rings is 2. The Morgan fingerprint density at radius 2 is 1.80 bits per heavy atom. The van der Waals surface area contributed by atoms with Crippen LogP contribution in [0.3, 0.4) is 0 Å². The van der Waals surface area contributed by atoms with Gasteiger partial charge < -0.3 is 9.88 Å². The van der Waals surface area contributed by atoms with Crippen LogP contribution in [-0.4, -0.2) is 15.5 Å². The number of hydrogen-bond acceptors (Lipinski definition) is 2. The standard InChI is InChI=1S/C21H23N3O/c1-2-20(19-6-4-3-5-7-19)21(25)23-14-17-8-10-18(11-9-17)15-24-13-12-22-16-24/h3-13,16,20H,2,14-15H2,1H3,(H,23,25). The van der Waals surface area contributed by atoms with Gasteiger partial charge in [-0.2, -0.15) is 0 Å². The van der Waals surface area contributed by atoms with Crippen LogP contribution >= 0.6 is 0 Å². The van der Waals surface area contributed by atoms with Gasteiger partial charge in [-0.3, -0.25) is 4.79 Å². The SMILES string of the molecule is CCC(C(=O)NCc1ccc(Cn2ccnc2)cc1)c1ccccc1. The Balaban J connectivity index is 1.56. The molecule has 3 aromatic rings. The molecule has 0 spiro atoms. The van der Waals surface area contributed by atoms with Crippen molar-refractivity contribution in [1.82, 2.24) is 14.9 Å². The van der Waals surface area contributed by atoms with Crippen LogP contribution in [0.15, 0.2) is 73.3 Å². The topological polar surface area (TPSA) is 46.9 Å². The molecule has 4 nitrogen and oxygen atoms in total. The molecule has 3 rings (SSSR count). The highest BCUT2D eigenvalue weighted by Crippen LogP contribution is 2.19. The van der Waals surface area contributed by atoms with Crippen molar-refractivity contribution in [2.45, 2.75) is 32.4 Å². The first-order valence-corrected chi connectivity index (χ1v) is 8.62. The summed E-state index contributed by atoms with van der Waals surface area (Å²) in [7, 11) is 0. The Labute approximate surface area is 148 Å². The van der Waals surface area contributed by atoms with Crippen LogP contribution in [0.5, 0.6) is 0 Å². The lowest BCUT2D eigenvalue weighted by molar-refractivity contribution is -0.122. The van der Waals surface area contributed by atoms with Crippen molar-refractivity contribution in [3.63, 3.8) is 0 Å². The molecule has 0 radical (unpaired) electrons. The maximum Gasteiger partial charge on any atom is 0.227 e. The Kier molecular flexibility index (Phi) is 5.62. The molecular weight excluding hydrogens is 310 g/mol. The van der Waals surface area contributed by atoms with Crippen LogP contribution in [0.1, 0.15) is 36.0 Å². The number of amides is 1. The first-order chi connectivity index (χ1) is 12.3. The zero-order valence-corrected chi connectivity index (χ0v) is 14.4. The van der Waals surface area contributed by atoms with Crippen LogP contribution in [0, 0.1) is 0 Å². The van der Waals surface area contributed by atoms with Gasteiger partial charge in [0.25, 0.3) is 0 Å². The largest absolute Gasteiger partial charge is 0.351 e. The molecule has 1 unspecified atom stereocenters. The predicted octanol–water partition coefficient (Wildman–Crippen LogP) is 3.74. The molecule has 0 saturated heterocycles. The Hall–Kier alpha value is -2.88. The van der Waals surface area contributed by atoms with Crippen molar-refractivity contribution in [1.29, 1.82) is 0 Å². The maximum atomic E-state index is 12.5. The summed E-state index contributed by atoms with van der Waals surface area (Å²) >= 11 is 0. The number of imidazole rings is 1. The molecule has 1 amide bonds. The second-order valence-electron chi connectivity index (χ2n) is 6.14. The van der Waals surface area contributed by atoms with Crippen molar-refractivity contribution in [2.75, 3.05) is 0 Å². The molecule has 0 fully saturated rings. The summed E-state index contributed by atoms with van der Waals surface area (Å²) in [6.07, 6.45) is 6.33. The molecule has 1 N–H and O–H groups in total. The zero-order valence-electron chi connectivity index (χ0n) is 14.4. The minimum absolute atomic E-state index is 0.0798. The summed E-state index contributed by atoms with van der Waals surface area (Å²) < 4.78 is 2.03. The molecule has 1 atom stereocenters. The van der Waals surface area contributed by atoms with Crippen LogP contribution in [-0.2, 0) is 17.9 Å². The highest BCUT2D eigenvalue weighted by atomic mass is 16.1. The molecule has 2 aromatic carbocycles. The maximum absolute atomic E-state index is 12.5. The van der Waals surface area contributed by atoms with Gasteiger partial charge in [-0.25, -0.2) is 4.98 Å². The van der Waals surface area contributed by atoms with E-state index in [1.807, 2.05) is 54.3 Å². The van der Waals surface area contributed by atoms with E-state index in [1.165, 1.54) is 5.56 Å². The number of nitrogens with zero attached hydrogens (tertiary/aromatic N) is 2. The average Bonchev–Trinajstić information content (AvgIpc) is 3.16. The summed E-state index contributed by atoms with van der Waals surface area (Å²) in [6.45, 7) is 3.40. The predicted molar refractivity (Wildman–Crippen MR) is 99.1 cm³/mol. The fourth-order valence-electron chi connectivity index (χ4n) is 2.92. The van der Waals surface area contributed by atoms with Crippen LogP contribution in [0.2, 0.25) is 0 Å². The molecule has 0 aliphatic rings. The summed E-state index contributed by atoms with van der Waals surface area (Å²) in [4.78, 5) is 16.6. The molecule has 4 heteroatoms. The summed E-state index contributed by atoms with van der Waals surface area (Å²) in [5.74, 6) is -0.0158. The zero-order chi connectivity index (χ0) is 17.5. The van der Waals surface area contributed by atoms with Crippen molar-refractivity contribution < 1.29 is 4.79 Å². The van der Waals surface area contributed by atoms with Gasteiger partial charge in [-0.05, 0) is 23.1 Å². The van der Waals surface area contributed by atoms with Crippen LogP contribution in [0.25, 0.3) is 0 Å². The Morgan fingerprint density at radius 3 is 2.44 bits per heavy atom. The smallest absolute Gasteiger partial charge is 0.227 e. The van der Waals surface area contributed by atoms with E-state index in [9.17, 15) is 4.79 Å². The van der Waals surface area contributed by atoms with Gasteiger partial charge in [0.2, 0.25) is 5.91 Å². The quantitative estimate of drug-likeness (QED) is 0.716. The van der Waals surface area contributed by atoms with Crippen molar-refractivity contribution in [2.24, 2.45) is 0 Å². The summed E-state index contributed by atoms with van der Waals surface area (Å²) in [6, 6.07) is 18.3. The first kappa shape index (κ1) is 17.0. The lowest BCUT2D eigenvalue weighted by Gasteiger charge is -2.15. The molecule has 0 bridgehead atoms. The number of carbonyl (C=O) groups excluding carboxylic acids is 1. The Morgan fingerprint density at radius 1 is 1.08 bits per heavy atom. The molecule has 25 heavy (non-hydrogen) atoms.